The first-order valence-corrected chi connectivity index (χ1v) is 7.36. The van der Waals surface area contributed by atoms with Crippen LogP contribution in [0.4, 0.5) is 0 Å². The van der Waals surface area contributed by atoms with Crippen molar-refractivity contribution >= 4 is 39.2 Å². The van der Waals surface area contributed by atoms with E-state index in [4.69, 9.17) is 28.3 Å². The Labute approximate surface area is 120 Å². The number of nitrogens with one attached hydrogen (secondary N) is 1. The molecule has 19 heavy (non-hydrogen) atoms. The summed E-state index contributed by atoms with van der Waals surface area (Å²) in [6.07, 6.45) is 1.98. The van der Waals surface area contributed by atoms with E-state index < -0.39 is 16.0 Å². The third-order valence-electron chi connectivity index (χ3n) is 2.16. The fourth-order valence-electron chi connectivity index (χ4n) is 1.29. The lowest BCUT2D eigenvalue weighted by atomic mass is 10.2. The average Bonchev–Trinajstić information content (AvgIpc) is 2.31. The number of aromatic carboxylic acids is 1. The highest BCUT2D eigenvalue weighted by atomic mass is 35.5. The Bertz CT molecular complexity index is 613. The second-order valence-electron chi connectivity index (χ2n) is 3.55. The summed E-state index contributed by atoms with van der Waals surface area (Å²) in [5.74, 6) is -1.35. The topological polar surface area (TPSA) is 83.5 Å². The van der Waals surface area contributed by atoms with E-state index >= 15 is 0 Å². The molecule has 8 heteroatoms. The van der Waals surface area contributed by atoms with Gasteiger partial charge in [-0.05, 0) is 18.6 Å². The van der Waals surface area contributed by atoms with Gasteiger partial charge in [0.05, 0.1) is 10.6 Å². The zero-order valence-corrected chi connectivity index (χ0v) is 12.0. The molecular formula is C11H11Cl2NO4S. The van der Waals surface area contributed by atoms with Gasteiger partial charge in [-0.15, -0.1) is 6.58 Å². The standard InChI is InChI=1S/C11H11Cl2NO4S/c1-2-3-4-14-19(17,18)9-6-7(12)5-8(10(9)13)11(15)16/h2,5-6,14H,1,3-4H2,(H,15,16). The molecule has 0 bridgehead atoms. The Morgan fingerprint density at radius 3 is 2.58 bits per heavy atom. The number of hydrogen-bond donors (Lipinski definition) is 2. The van der Waals surface area contributed by atoms with Gasteiger partial charge in [-0.2, -0.15) is 0 Å². The number of carboxylic acid groups (broad SMARTS) is 1. The van der Waals surface area contributed by atoms with Gasteiger partial charge >= 0.3 is 5.97 Å². The highest BCUT2D eigenvalue weighted by molar-refractivity contribution is 7.89. The summed E-state index contributed by atoms with van der Waals surface area (Å²) in [5.41, 5.74) is -0.363. The molecule has 2 N–H and O–H groups in total. The van der Waals surface area contributed by atoms with E-state index in [0.29, 0.717) is 6.42 Å². The molecule has 0 aromatic heterocycles. The van der Waals surface area contributed by atoms with E-state index in [-0.39, 0.29) is 27.0 Å². The van der Waals surface area contributed by atoms with Gasteiger partial charge in [0, 0.05) is 11.6 Å². The van der Waals surface area contributed by atoms with Crippen LogP contribution in [0.5, 0.6) is 0 Å². The molecule has 1 aromatic carbocycles. The highest BCUT2D eigenvalue weighted by Gasteiger charge is 2.23. The van der Waals surface area contributed by atoms with E-state index in [1.54, 1.807) is 6.08 Å². The number of sulfonamides is 1. The number of halogens is 2. The van der Waals surface area contributed by atoms with Gasteiger partial charge in [-0.25, -0.2) is 17.9 Å². The maximum Gasteiger partial charge on any atom is 0.337 e. The maximum atomic E-state index is 12.0. The number of hydrogen-bond acceptors (Lipinski definition) is 3. The SMILES string of the molecule is C=CCCNS(=O)(=O)c1cc(Cl)cc(C(=O)O)c1Cl. The summed E-state index contributed by atoms with van der Waals surface area (Å²) in [4.78, 5) is 10.6. The zero-order valence-electron chi connectivity index (χ0n) is 9.69. The van der Waals surface area contributed by atoms with Crippen LogP contribution < -0.4 is 4.72 Å². The maximum absolute atomic E-state index is 12.0. The summed E-state index contributed by atoms with van der Waals surface area (Å²) in [5, 5.41) is 8.53. The van der Waals surface area contributed by atoms with Gasteiger partial charge in [-0.3, -0.25) is 0 Å². The molecule has 0 saturated heterocycles. The second-order valence-corrected chi connectivity index (χ2v) is 6.10. The monoisotopic (exact) mass is 323 g/mol. The normalized spacial score (nSPS) is 11.3. The van der Waals surface area contributed by atoms with Crippen molar-refractivity contribution in [2.24, 2.45) is 0 Å². The van der Waals surface area contributed by atoms with Gasteiger partial charge in [-0.1, -0.05) is 29.3 Å². The molecule has 0 aliphatic carbocycles. The van der Waals surface area contributed by atoms with Crippen molar-refractivity contribution in [3.63, 3.8) is 0 Å². The minimum absolute atomic E-state index is 0.0223. The van der Waals surface area contributed by atoms with Gasteiger partial charge in [0.15, 0.2) is 0 Å². The van der Waals surface area contributed by atoms with Crippen molar-refractivity contribution in [1.82, 2.24) is 4.72 Å². The lowest BCUT2D eigenvalue weighted by molar-refractivity contribution is 0.0697. The van der Waals surface area contributed by atoms with Crippen LogP contribution in [0.25, 0.3) is 0 Å². The van der Waals surface area contributed by atoms with Gasteiger partial charge in [0.1, 0.15) is 4.90 Å². The molecule has 5 nitrogen and oxygen atoms in total. The molecule has 0 radical (unpaired) electrons. The predicted octanol–water partition coefficient (Wildman–Crippen LogP) is 2.55. The number of carbonyl (C=O) groups is 1. The lowest BCUT2D eigenvalue weighted by Crippen LogP contribution is -2.25. The molecule has 0 fully saturated rings. The minimum Gasteiger partial charge on any atom is -0.478 e. The molecule has 1 aromatic rings. The van der Waals surface area contributed by atoms with Crippen molar-refractivity contribution in [1.29, 1.82) is 0 Å². The lowest BCUT2D eigenvalue weighted by Gasteiger charge is -2.10. The summed E-state index contributed by atoms with van der Waals surface area (Å²) in [7, 11) is -3.92. The van der Waals surface area contributed by atoms with Crippen LogP contribution in [-0.4, -0.2) is 26.0 Å². The molecule has 0 amide bonds. The van der Waals surface area contributed by atoms with Gasteiger partial charge < -0.3 is 5.11 Å². The van der Waals surface area contributed by atoms with Crippen molar-refractivity contribution in [3.8, 4) is 0 Å². The molecule has 0 saturated carbocycles. The molecule has 0 atom stereocenters. The van der Waals surface area contributed by atoms with Crippen molar-refractivity contribution in [2.45, 2.75) is 11.3 Å². The van der Waals surface area contributed by atoms with Crippen LogP contribution >= 0.6 is 23.2 Å². The van der Waals surface area contributed by atoms with Gasteiger partial charge in [0.25, 0.3) is 0 Å². The van der Waals surface area contributed by atoms with Crippen molar-refractivity contribution < 1.29 is 18.3 Å². The Kier molecular flexibility index (Phi) is 5.37. The summed E-state index contributed by atoms with van der Waals surface area (Å²) < 4.78 is 26.2. The summed E-state index contributed by atoms with van der Waals surface area (Å²) >= 11 is 11.5. The third-order valence-corrected chi connectivity index (χ3v) is 4.39. The van der Waals surface area contributed by atoms with Crippen LogP contribution in [0.3, 0.4) is 0 Å². The van der Waals surface area contributed by atoms with Crippen LogP contribution in [0.2, 0.25) is 10.0 Å². The van der Waals surface area contributed by atoms with E-state index in [1.807, 2.05) is 0 Å². The van der Waals surface area contributed by atoms with E-state index in [2.05, 4.69) is 11.3 Å². The molecule has 0 unspecified atom stereocenters. The first kappa shape index (κ1) is 16.0. The number of benzene rings is 1. The fourth-order valence-corrected chi connectivity index (χ4v) is 3.24. The van der Waals surface area contributed by atoms with E-state index in [9.17, 15) is 13.2 Å². The Balaban J connectivity index is 3.26. The molecular weight excluding hydrogens is 313 g/mol. The quantitative estimate of drug-likeness (QED) is 0.622. The van der Waals surface area contributed by atoms with Crippen LogP contribution in [0.1, 0.15) is 16.8 Å². The summed E-state index contributed by atoms with van der Waals surface area (Å²) in [6, 6.07) is 2.20. The Hall–Kier alpha value is -1.08. The average molecular weight is 324 g/mol. The number of rotatable bonds is 6. The van der Waals surface area contributed by atoms with Crippen molar-refractivity contribution in [3.05, 3.63) is 40.4 Å². The predicted molar refractivity (Wildman–Crippen MR) is 73.4 cm³/mol. The largest absolute Gasteiger partial charge is 0.478 e. The smallest absolute Gasteiger partial charge is 0.337 e. The molecule has 104 valence electrons. The van der Waals surface area contributed by atoms with Crippen molar-refractivity contribution in [2.75, 3.05) is 6.54 Å². The molecule has 1 rings (SSSR count). The number of carboxylic acids is 1. The minimum atomic E-state index is -3.92. The van der Waals surface area contributed by atoms with Crippen LogP contribution in [-0.2, 0) is 10.0 Å². The molecule has 0 heterocycles. The van der Waals surface area contributed by atoms with Crippen LogP contribution in [0, 0.1) is 0 Å². The fraction of sp³-hybridized carbons (Fsp3) is 0.182. The van der Waals surface area contributed by atoms with E-state index in [1.165, 1.54) is 0 Å². The Morgan fingerprint density at radius 1 is 1.42 bits per heavy atom. The third kappa shape index (κ3) is 3.94. The highest BCUT2D eigenvalue weighted by Crippen LogP contribution is 2.29. The van der Waals surface area contributed by atoms with Gasteiger partial charge in [0.2, 0.25) is 10.0 Å². The first-order chi connectivity index (χ1) is 8.79. The van der Waals surface area contributed by atoms with Crippen LogP contribution in [0.15, 0.2) is 29.7 Å². The van der Waals surface area contributed by atoms with E-state index in [0.717, 1.165) is 12.1 Å². The molecule has 0 aliphatic rings. The molecule has 0 spiro atoms. The zero-order chi connectivity index (χ0) is 14.6. The molecule has 0 aliphatic heterocycles. The Morgan fingerprint density at radius 2 is 2.05 bits per heavy atom. The first-order valence-electron chi connectivity index (χ1n) is 5.12. The summed E-state index contributed by atoms with van der Waals surface area (Å²) in [6.45, 7) is 3.60. The second kappa shape index (κ2) is 6.38.